The lowest BCUT2D eigenvalue weighted by atomic mass is 9.83. The van der Waals surface area contributed by atoms with E-state index < -0.39 is 4.92 Å². The van der Waals surface area contributed by atoms with Gasteiger partial charge in [-0.1, -0.05) is 38.8 Å². The second-order valence-corrected chi connectivity index (χ2v) is 8.28. The van der Waals surface area contributed by atoms with Gasteiger partial charge in [0, 0.05) is 34.8 Å². The molecule has 0 fully saturated rings. The Hall–Kier alpha value is -1.92. The zero-order chi connectivity index (χ0) is 20.6. The first-order valence-electron chi connectivity index (χ1n) is 9.68. The summed E-state index contributed by atoms with van der Waals surface area (Å²) < 4.78 is 13.9. The van der Waals surface area contributed by atoms with Crippen LogP contribution in [0.1, 0.15) is 50.7 Å². The quantitative estimate of drug-likeness (QED) is 0.283. The first-order chi connectivity index (χ1) is 13.4. The maximum Gasteiger partial charge on any atom is 0.269 e. The summed E-state index contributed by atoms with van der Waals surface area (Å²) in [4.78, 5) is 11.5. The van der Waals surface area contributed by atoms with Gasteiger partial charge in [-0.3, -0.25) is 10.1 Å². The summed E-state index contributed by atoms with van der Waals surface area (Å²) in [5.74, 6) is 0.438. The number of nitro benzene ring substituents is 1. The fourth-order valence-corrected chi connectivity index (χ4v) is 4.58. The number of nitro groups is 1. The summed E-state index contributed by atoms with van der Waals surface area (Å²) in [6, 6.07) is 11.2. The number of hydrogen-bond acceptors (Lipinski definition) is 4. The third kappa shape index (κ3) is 6.04. The fourth-order valence-electron chi connectivity index (χ4n) is 3.20. The van der Waals surface area contributed by atoms with Gasteiger partial charge in [0.25, 0.3) is 5.69 Å². The molecule has 0 aromatic heterocycles. The van der Waals surface area contributed by atoms with E-state index in [0.29, 0.717) is 6.42 Å². The van der Waals surface area contributed by atoms with Gasteiger partial charge >= 0.3 is 0 Å². The van der Waals surface area contributed by atoms with Gasteiger partial charge in [-0.25, -0.2) is 4.39 Å². The molecule has 0 aliphatic carbocycles. The number of unbranched alkanes of at least 4 members (excludes halogenated alkanes) is 1. The van der Waals surface area contributed by atoms with E-state index in [1.165, 1.54) is 24.3 Å². The predicted molar refractivity (Wildman–Crippen MR) is 112 cm³/mol. The van der Waals surface area contributed by atoms with E-state index >= 15 is 0 Å². The van der Waals surface area contributed by atoms with Crippen LogP contribution >= 0.6 is 11.8 Å². The molecule has 152 valence electrons. The Labute approximate surface area is 170 Å². The average molecular weight is 406 g/mol. The Kier molecular flexibility index (Phi) is 8.45. The molecule has 1 N–H and O–H groups in total. The smallest absolute Gasteiger partial charge is 0.269 e. The molecule has 0 bridgehead atoms. The summed E-state index contributed by atoms with van der Waals surface area (Å²) in [6.45, 7) is 4.38. The minimum absolute atomic E-state index is 0.0351. The number of halogens is 1. The molecule has 6 heteroatoms. The van der Waals surface area contributed by atoms with Crippen LogP contribution in [0.2, 0.25) is 0 Å². The van der Waals surface area contributed by atoms with Crippen molar-refractivity contribution in [2.24, 2.45) is 5.41 Å². The van der Waals surface area contributed by atoms with Crippen molar-refractivity contribution in [1.82, 2.24) is 0 Å². The highest BCUT2D eigenvalue weighted by atomic mass is 32.2. The van der Waals surface area contributed by atoms with Gasteiger partial charge in [-0.2, -0.15) is 0 Å². The van der Waals surface area contributed by atoms with Crippen molar-refractivity contribution < 1.29 is 14.4 Å². The maximum absolute atomic E-state index is 13.9. The minimum Gasteiger partial charge on any atom is -0.396 e. The number of benzene rings is 2. The first kappa shape index (κ1) is 22.4. The van der Waals surface area contributed by atoms with Crippen LogP contribution in [0.25, 0.3) is 0 Å². The summed E-state index contributed by atoms with van der Waals surface area (Å²) in [6.07, 6.45) is 4.43. The van der Waals surface area contributed by atoms with E-state index in [1.807, 2.05) is 6.07 Å². The van der Waals surface area contributed by atoms with Crippen molar-refractivity contribution in [2.75, 3.05) is 12.4 Å². The van der Waals surface area contributed by atoms with E-state index in [9.17, 15) is 19.6 Å². The minimum atomic E-state index is -0.421. The Morgan fingerprint density at radius 1 is 1.21 bits per heavy atom. The molecule has 0 saturated heterocycles. The van der Waals surface area contributed by atoms with Gasteiger partial charge in [-0.15, -0.1) is 11.8 Å². The lowest BCUT2D eigenvalue weighted by Crippen LogP contribution is -2.27. The lowest BCUT2D eigenvalue weighted by Gasteiger charge is -2.30. The predicted octanol–water partition coefficient (Wildman–Crippen LogP) is 6.00. The van der Waals surface area contributed by atoms with Gasteiger partial charge < -0.3 is 5.11 Å². The second kappa shape index (κ2) is 10.6. The normalized spacial score (nSPS) is 13.3. The van der Waals surface area contributed by atoms with Crippen molar-refractivity contribution in [3.05, 3.63) is 69.5 Å². The van der Waals surface area contributed by atoms with Gasteiger partial charge in [-0.05, 0) is 48.6 Å². The van der Waals surface area contributed by atoms with Crippen LogP contribution in [-0.4, -0.2) is 22.4 Å². The topological polar surface area (TPSA) is 63.4 Å². The van der Waals surface area contributed by atoms with Crippen molar-refractivity contribution in [1.29, 1.82) is 0 Å². The van der Waals surface area contributed by atoms with Gasteiger partial charge in [0.1, 0.15) is 5.82 Å². The molecule has 28 heavy (non-hydrogen) atoms. The second-order valence-electron chi connectivity index (χ2n) is 7.26. The van der Waals surface area contributed by atoms with Crippen LogP contribution in [0.4, 0.5) is 10.1 Å². The van der Waals surface area contributed by atoms with E-state index in [0.717, 1.165) is 47.5 Å². The SMILES string of the molecule is CCCCC(CC)(CO)CSc1ccc(F)cc1Cc1cccc([N+](=O)[O-])c1. The zero-order valence-corrected chi connectivity index (χ0v) is 17.3. The van der Waals surface area contributed by atoms with Crippen LogP contribution < -0.4 is 0 Å². The number of thioether (sulfide) groups is 1. The highest BCUT2D eigenvalue weighted by molar-refractivity contribution is 7.99. The molecule has 0 heterocycles. The molecule has 4 nitrogen and oxygen atoms in total. The number of hydrogen-bond donors (Lipinski definition) is 1. The molecule has 0 aliphatic rings. The van der Waals surface area contributed by atoms with E-state index in [4.69, 9.17) is 0 Å². The van der Waals surface area contributed by atoms with Crippen molar-refractivity contribution in [3.8, 4) is 0 Å². The van der Waals surface area contributed by atoms with Crippen LogP contribution in [0, 0.1) is 21.3 Å². The third-order valence-electron chi connectivity index (χ3n) is 5.22. The standard InChI is InChI=1S/C22H28FNO3S/c1-3-5-11-22(4-2,15-25)16-28-21-10-9-19(23)14-18(21)12-17-7-6-8-20(13-17)24(26)27/h6-10,13-14,25H,3-5,11-12,15-16H2,1-2H3. The number of nitrogens with zero attached hydrogens (tertiary/aromatic N) is 1. The van der Waals surface area contributed by atoms with E-state index in [1.54, 1.807) is 23.9 Å². The van der Waals surface area contributed by atoms with Crippen molar-refractivity contribution >= 4 is 17.4 Å². The molecule has 2 rings (SSSR count). The molecule has 0 aliphatic heterocycles. The molecule has 1 atom stereocenters. The first-order valence-corrected chi connectivity index (χ1v) is 10.7. The third-order valence-corrected chi connectivity index (χ3v) is 6.68. The molecular formula is C22H28FNO3S. The zero-order valence-electron chi connectivity index (χ0n) is 16.5. The largest absolute Gasteiger partial charge is 0.396 e. The number of aliphatic hydroxyl groups is 1. The van der Waals surface area contributed by atoms with Gasteiger partial charge in [0.05, 0.1) is 4.92 Å². The molecule has 2 aromatic carbocycles. The monoisotopic (exact) mass is 405 g/mol. The van der Waals surface area contributed by atoms with E-state index in [2.05, 4.69) is 13.8 Å². The Balaban J connectivity index is 2.22. The van der Waals surface area contributed by atoms with Crippen LogP contribution in [0.5, 0.6) is 0 Å². The molecule has 0 spiro atoms. The van der Waals surface area contributed by atoms with Gasteiger partial charge in [0.2, 0.25) is 0 Å². The molecule has 1 unspecified atom stereocenters. The molecular weight excluding hydrogens is 377 g/mol. The van der Waals surface area contributed by atoms with Crippen molar-refractivity contribution in [2.45, 2.75) is 50.8 Å². The molecule has 0 radical (unpaired) electrons. The average Bonchev–Trinajstić information content (AvgIpc) is 2.70. The Bertz CT molecular complexity index is 793. The Morgan fingerprint density at radius 2 is 2.00 bits per heavy atom. The molecule has 0 saturated carbocycles. The Morgan fingerprint density at radius 3 is 2.64 bits per heavy atom. The van der Waals surface area contributed by atoms with E-state index in [-0.39, 0.29) is 23.5 Å². The summed E-state index contributed by atoms with van der Waals surface area (Å²) in [7, 11) is 0. The highest BCUT2D eigenvalue weighted by Crippen LogP contribution is 2.37. The van der Waals surface area contributed by atoms with Crippen LogP contribution in [0.15, 0.2) is 47.4 Å². The summed E-state index contributed by atoms with van der Waals surface area (Å²) >= 11 is 1.63. The van der Waals surface area contributed by atoms with Crippen LogP contribution in [-0.2, 0) is 6.42 Å². The lowest BCUT2D eigenvalue weighted by molar-refractivity contribution is -0.384. The number of rotatable bonds is 11. The van der Waals surface area contributed by atoms with Gasteiger partial charge in [0.15, 0.2) is 0 Å². The number of aliphatic hydroxyl groups excluding tert-OH is 1. The molecule has 2 aromatic rings. The summed E-state index contributed by atoms with van der Waals surface area (Å²) in [5, 5.41) is 21.0. The fraction of sp³-hybridized carbons (Fsp3) is 0.455. The maximum atomic E-state index is 13.9. The number of non-ortho nitro benzene ring substituents is 1. The van der Waals surface area contributed by atoms with Crippen LogP contribution in [0.3, 0.4) is 0 Å². The highest BCUT2D eigenvalue weighted by Gasteiger charge is 2.27. The summed E-state index contributed by atoms with van der Waals surface area (Å²) in [5.41, 5.74) is 1.48. The molecule has 0 amide bonds. The van der Waals surface area contributed by atoms with Crippen molar-refractivity contribution in [3.63, 3.8) is 0 Å².